The molecule has 0 fully saturated rings. The SMILES string of the molecule is Cc1nc(-c2ccc(Cl)cc2)ccc1CC(=O)O. The summed E-state index contributed by atoms with van der Waals surface area (Å²) in [6.45, 7) is 1.82. The van der Waals surface area contributed by atoms with E-state index < -0.39 is 5.97 Å². The highest BCUT2D eigenvalue weighted by Crippen LogP contribution is 2.21. The number of rotatable bonds is 3. The summed E-state index contributed by atoms with van der Waals surface area (Å²) < 4.78 is 0. The van der Waals surface area contributed by atoms with Gasteiger partial charge in [0.05, 0.1) is 12.1 Å². The van der Waals surface area contributed by atoms with E-state index in [1.165, 1.54) is 0 Å². The lowest BCUT2D eigenvalue weighted by atomic mass is 10.1. The summed E-state index contributed by atoms with van der Waals surface area (Å²) in [6, 6.07) is 11.0. The number of aliphatic carboxylic acids is 1. The first kappa shape index (κ1) is 12.6. The molecule has 0 unspecified atom stereocenters. The molecule has 1 N–H and O–H groups in total. The van der Waals surface area contributed by atoms with Crippen LogP contribution in [0.25, 0.3) is 11.3 Å². The van der Waals surface area contributed by atoms with E-state index in [-0.39, 0.29) is 6.42 Å². The van der Waals surface area contributed by atoms with E-state index in [9.17, 15) is 4.79 Å². The second-order valence-electron chi connectivity index (χ2n) is 4.02. The predicted octanol–water partition coefficient (Wildman–Crippen LogP) is 3.34. The summed E-state index contributed by atoms with van der Waals surface area (Å²) in [5, 5.41) is 9.44. The lowest BCUT2D eigenvalue weighted by Gasteiger charge is -2.06. The molecule has 0 bridgehead atoms. The molecule has 2 rings (SSSR count). The van der Waals surface area contributed by atoms with Crippen LogP contribution in [0.4, 0.5) is 0 Å². The monoisotopic (exact) mass is 261 g/mol. The zero-order valence-corrected chi connectivity index (χ0v) is 10.6. The van der Waals surface area contributed by atoms with Gasteiger partial charge >= 0.3 is 5.97 Å². The average Bonchev–Trinajstić information content (AvgIpc) is 2.32. The molecule has 0 saturated heterocycles. The van der Waals surface area contributed by atoms with Crippen molar-refractivity contribution in [2.45, 2.75) is 13.3 Å². The minimum atomic E-state index is -0.848. The topological polar surface area (TPSA) is 50.2 Å². The summed E-state index contributed by atoms with van der Waals surface area (Å²) in [6.07, 6.45) is -0.000267. The Balaban J connectivity index is 2.33. The van der Waals surface area contributed by atoms with E-state index in [0.717, 1.165) is 22.5 Å². The molecule has 1 heterocycles. The van der Waals surface area contributed by atoms with Gasteiger partial charge in [0, 0.05) is 16.3 Å². The lowest BCUT2D eigenvalue weighted by Crippen LogP contribution is -2.03. The maximum absolute atomic E-state index is 10.7. The Morgan fingerprint density at radius 3 is 2.44 bits per heavy atom. The van der Waals surface area contributed by atoms with Crippen molar-refractivity contribution < 1.29 is 9.90 Å². The molecule has 0 saturated carbocycles. The van der Waals surface area contributed by atoms with Crippen LogP contribution in [0, 0.1) is 6.92 Å². The molecule has 92 valence electrons. The van der Waals surface area contributed by atoms with Crippen LogP contribution in [-0.2, 0) is 11.2 Å². The van der Waals surface area contributed by atoms with Crippen molar-refractivity contribution >= 4 is 17.6 Å². The van der Waals surface area contributed by atoms with Crippen LogP contribution >= 0.6 is 11.6 Å². The first-order valence-electron chi connectivity index (χ1n) is 5.50. The molecule has 1 aromatic carbocycles. The van der Waals surface area contributed by atoms with Gasteiger partial charge in [0.15, 0.2) is 0 Å². The lowest BCUT2D eigenvalue weighted by molar-refractivity contribution is -0.136. The Morgan fingerprint density at radius 2 is 1.89 bits per heavy atom. The number of pyridine rings is 1. The van der Waals surface area contributed by atoms with Gasteiger partial charge in [-0.1, -0.05) is 29.8 Å². The Morgan fingerprint density at radius 1 is 1.22 bits per heavy atom. The Hall–Kier alpha value is -1.87. The van der Waals surface area contributed by atoms with Crippen LogP contribution in [0.2, 0.25) is 5.02 Å². The number of carboxylic acids is 1. The van der Waals surface area contributed by atoms with Crippen molar-refractivity contribution in [2.75, 3.05) is 0 Å². The van der Waals surface area contributed by atoms with Gasteiger partial charge in [0.1, 0.15) is 0 Å². The molecule has 0 spiro atoms. The summed E-state index contributed by atoms with van der Waals surface area (Å²) in [7, 11) is 0. The van der Waals surface area contributed by atoms with Crippen LogP contribution in [0.5, 0.6) is 0 Å². The molecule has 0 aliphatic heterocycles. The van der Waals surface area contributed by atoms with Crippen LogP contribution in [-0.4, -0.2) is 16.1 Å². The van der Waals surface area contributed by atoms with E-state index in [4.69, 9.17) is 16.7 Å². The quantitative estimate of drug-likeness (QED) is 0.922. The van der Waals surface area contributed by atoms with Gasteiger partial charge in [-0.15, -0.1) is 0 Å². The molecule has 0 atom stereocenters. The highest BCUT2D eigenvalue weighted by Gasteiger charge is 2.07. The second-order valence-corrected chi connectivity index (χ2v) is 4.45. The normalized spacial score (nSPS) is 10.3. The van der Waals surface area contributed by atoms with Crippen molar-refractivity contribution in [1.82, 2.24) is 4.98 Å². The number of carboxylic acid groups (broad SMARTS) is 1. The number of aryl methyl sites for hydroxylation is 1. The van der Waals surface area contributed by atoms with Crippen molar-refractivity contribution in [3.63, 3.8) is 0 Å². The van der Waals surface area contributed by atoms with E-state index in [0.29, 0.717) is 5.02 Å². The largest absolute Gasteiger partial charge is 0.481 e. The summed E-state index contributed by atoms with van der Waals surface area (Å²) in [4.78, 5) is 15.1. The highest BCUT2D eigenvalue weighted by atomic mass is 35.5. The molecule has 4 heteroatoms. The zero-order chi connectivity index (χ0) is 13.1. The number of nitrogens with zero attached hydrogens (tertiary/aromatic N) is 1. The van der Waals surface area contributed by atoms with E-state index in [2.05, 4.69) is 4.98 Å². The first-order valence-corrected chi connectivity index (χ1v) is 5.88. The second kappa shape index (κ2) is 5.19. The molecule has 1 aromatic heterocycles. The van der Waals surface area contributed by atoms with E-state index >= 15 is 0 Å². The van der Waals surface area contributed by atoms with Crippen LogP contribution in [0.1, 0.15) is 11.3 Å². The van der Waals surface area contributed by atoms with Gasteiger partial charge in [-0.25, -0.2) is 0 Å². The molecular weight excluding hydrogens is 250 g/mol. The van der Waals surface area contributed by atoms with Gasteiger partial charge in [-0.3, -0.25) is 9.78 Å². The number of hydrogen-bond donors (Lipinski definition) is 1. The fraction of sp³-hybridized carbons (Fsp3) is 0.143. The number of aromatic nitrogens is 1. The van der Waals surface area contributed by atoms with Gasteiger partial charge in [-0.05, 0) is 30.7 Å². The third kappa shape index (κ3) is 2.87. The van der Waals surface area contributed by atoms with Crippen LogP contribution < -0.4 is 0 Å². The number of benzene rings is 1. The number of halogens is 1. The molecule has 0 aliphatic rings. The smallest absolute Gasteiger partial charge is 0.307 e. The Labute approximate surface area is 110 Å². The average molecular weight is 262 g/mol. The molecule has 0 amide bonds. The van der Waals surface area contributed by atoms with Gasteiger partial charge in [0.25, 0.3) is 0 Å². The fourth-order valence-corrected chi connectivity index (χ4v) is 1.85. The fourth-order valence-electron chi connectivity index (χ4n) is 1.72. The molecular formula is C14H12ClNO2. The predicted molar refractivity (Wildman–Crippen MR) is 70.8 cm³/mol. The molecule has 0 radical (unpaired) electrons. The third-order valence-corrected chi connectivity index (χ3v) is 2.93. The standard InChI is InChI=1S/C14H12ClNO2/c1-9-11(8-14(17)18)4-7-13(16-9)10-2-5-12(15)6-3-10/h2-7H,8H2,1H3,(H,17,18). The Bertz CT molecular complexity index is 579. The minimum Gasteiger partial charge on any atom is -0.481 e. The van der Waals surface area contributed by atoms with Crippen molar-refractivity contribution in [2.24, 2.45) is 0 Å². The van der Waals surface area contributed by atoms with Crippen molar-refractivity contribution in [3.8, 4) is 11.3 Å². The van der Waals surface area contributed by atoms with Crippen LogP contribution in [0.3, 0.4) is 0 Å². The maximum Gasteiger partial charge on any atom is 0.307 e. The molecule has 0 aliphatic carbocycles. The summed E-state index contributed by atoms with van der Waals surface area (Å²) in [5.41, 5.74) is 3.26. The molecule has 3 nitrogen and oxygen atoms in total. The van der Waals surface area contributed by atoms with E-state index in [1.807, 2.05) is 25.1 Å². The van der Waals surface area contributed by atoms with Crippen LogP contribution in [0.15, 0.2) is 36.4 Å². The first-order chi connectivity index (χ1) is 8.56. The molecule has 2 aromatic rings. The van der Waals surface area contributed by atoms with Gasteiger partial charge in [-0.2, -0.15) is 0 Å². The highest BCUT2D eigenvalue weighted by molar-refractivity contribution is 6.30. The van der Waals surface area contributed by atoms with Gasteiger partial charge < -0.3 is 5.11 Å². The maximum atomic E-state index is 10.7. The third-order valence-electron chi connectivity index (χ3n) is 2.68. The molecule has 18 heavy (non-hydrogen) atoms. The zero-order valence-electron chi connectivity index (χ0n) is 9.85. The Kier molecular flexibility index (Phi) is 3.63. The van der Waals surface area contributed by atoms with Crippen molar-refractivity contribution in [3.05, 3.63) is 52.7 Å². The van der Waals surface area contributed by atoms with Gasteiger partial charge in [0.2, 0.25) is 0 Å². The van der Waals surface area contributed by atoms with E-state index in [1.54, 1.807) is 18.2 Å². The number of carbonyl (C=O) groups is 1. The minimum absolute atomic E-state index is 0.000267. The summed E-state index contributed by atoms with van der Waals surface area (Å²) in [5.74, 6) is -0.848. The summed E-state index contributed by atoms with van der Waals surface area (Å²) >= 11 is 5.83. The number of hydrogen-bond acceptors (Lipinski definition) is 2. The van der Waals surface area contributed by atoms with Crippen molar-refractivity contribution in [1.29, 1.82) is 0 Å².